The number of nitrogens with one attached hydrogen (secondary N) is 3. The third-order valence-electron chi connectivity index (χ3n) is 3.76. The Labute approximate surface area is 161 Å². The molecule has 4 atom stereocenters. The van der Waals surface area contributed by atoms with Crippen molar-refractivity contribution in [3.8, 4) is 0 Å². The van der Waals surface area contributed by atoms with Crippen LogP contribution in [0.25, 0.3) is 0 Å². The Bertz CT molecular complexity index is 572. The third-order valence-corrected chi connectivity index (χ3v) is 4.13. The van der Waals surface area contributed by atoms with E-state index in [-0.39, 0.29) is 11.7 Å². The van der Waals surface area contributed by atoms with Gasteiger partial charge in [-0.2, -0.15) is 12.6 Å². The van der Waals surface area contributed by atoms with Gasteiger partial charge in [-0.3, -0.25) is 19.2 Å². The third kappa shape index (κ3) is 9.24. The summed E-state index contributed by atoms with van der Waals surface area (Å²) >= 11 is 3.86. The zero-order valence-electron chi connectivity index (χ0n) is 15.1. The second-order valence-electron chi connectivity index (χ2n) is 5.93. The SMILES string of the molecule is CCC(C)C(NC(=O)CNC(=O)C(N)CC(=O)O)C(=O)NC(CS)C(=O)O. The summed E-state index contributed by atoms with van der Waals surface area (Å²) in [6.07, 6.45) is -0.0710. The molecular formula is C15H26N4O7S. The van der Waals surface area contributed by atoms with Crippen molar-refractivity contribution in [2.45, 2.75) is 44.8 Å². The number of thiol groups is 1. The molecule has 0 aromatic carbocycles. The number of carbonyl (C=O) groups is 5. The average Bonchev–Trinajstić information content (AvgIpc) is 2.60. The molecule has 4 unspecified atom stereocenters. The molecule has 154 valence electrons. The minimum atomic E-state index is -1.31. The van der Waals surface area contributed by atoms with Crippen molar-refractivity contribution in [3.63, 3.8) is 0 Å². The zero-order chi connectivity index (χ0) is 21.1. The fraction of sp³-hybridized carbons (Fsp3) is 0.667. The van der Waals surface area contributed by atoms with E-state index in [1.807, 2.05) is 0 Å². The number of rotatable bonds is 12. The van der Waals surface area contributed by atoms with Crippen molar-refractivity contribution >= 4 is 42.3 Å². The summed E-state index contributed by atoms with van der Waals surface area (Å²) in [7, 11) is 0. The summed E-state index contributed by atoms with van der Waals surface area (Å²) in [6, 6.07) is -3.54. The van der Waals surface area contributed by atoms with Crippen LogP contribution in [-0.2, 0) is 24.0 Å². The normalized spacial score (nSPS) is 15.0. The number of amides is 3. The first-order valence-electron chi connectivity index (χ1n) is 8.21. The van der Waals surface area contributed by atoms with E-state index in [2.05, 4.69) is 28.6 Å². The molecule has 0 spiro atoms. The molecule has 12 heteroatoms. The van der Waals surface area contributed by atoms with Gasteiger partial charge in [0.1, 0.15) is 12.1 Å². The van der Waals surface area contributed by atoms with Crippen LogP contribution in [0, 0.1) is 5.92 Å². The molecule has 0 fully saturated rings. The number of carbonyl (C=O) groups excluding carboxylic acids is 3. The van der Waals surface area contributed by atoms with Gasteiger partial charge in [0.25, 0.3) is 0 Å². The van der Waals surface area contributed by atoms with Gasteiger partial charge in [0.05, 0.1) is 19.0 Å². The van der Waals surface area contributed by atoms with E-state index < -0.39 is 60.8 Å². The Kier molecular flexibility index (Phi) is 11.1. The zero-order valence-corrected chi connectivity index (χ0v) is 16.0. The van der Waals surface area contributed by atoms with Crippen molar-refractivity contribution in [1.29, 1.82) is 0 Å². The number of nitrogens with two attached hydrogens (primary N) is 1. The minimum Gasteiger partial charge on any atom is -0.481 e. The molecule has 0 aromatic heterocycles. The maximum Gasteiger partial charge on any atom is 0.327 e. The van der Waals surface area contributed by atoms with E-state index in [0.717, 1.165) is 0 Å². The summed E-state index contributed by atoms with van der Waals surface area (Å²) < 4.78 is 0. The fourth-order valence-corrected chi connectivity index (χ4v) is 2.20. The van der Waals surface area contributed by atoms with Crippen molar-refractivity contribution in [3.05, 3.63) is 0 Å². The van der Waals surface area contributed by atoms with E-state index >= 15 is 0 Å². The molecular weight excluding hydrogens is 380 g/mol. The molecule has 11 nitrogen and oxygen atoms in total. The smallest absolute Gasteiger partial charge is 0.327 e. The Hall–Kier alpha value is -2.34. The highest BCUT2D eigenvalue weighted by Gasteiger charge is 2.29. The maximum atomic E-state index is 12.3. The van der Waals surface area contributed by atoms with Crippen LogP contribution in [0.15, 0.2) is 0 Å². The van der Waals surface area contributed by atoms with Crippen LogP contribution in [0.2, 0.25) is 0 Å². The molecule has 0 heterocycles. The lowest BCUT2D eigenvalue weighted by Gasteiger charge is -2.25. The van der Waals surface area contributed by atoms with Crippen molar-refractivity contribution in [1.82, 2.24) is 16.0 Å². The summed E-state index contributed by atoms with van der Waals surface area (Å²) in [6.45, 7) is 2.97. The van der Waals surface area contributed by atoms with Gasteiger partial charge in [0.15, 0.2) is 0 Å². The molecule has 0 saturated carbocycles. The van der Waals surface area contributed by atoms with Gasteiger partial charge in [0.2, 0.25) is 17.7 Å². The van der Waals surface area contributed by atoms with E-state index in [1.165, 1.54) is 0 Å². The Balaban J connectivity index is 4.83. The topological polar surface area (TPSA) is 188 Å². The van der Waals surface area contributed by atoms with Gasteiger partial charge in [-0.15, -0.1) is 0 Å². The van der Waals surface area contributed by atoms with E-state index in [4.69, 9.17) is 15.9 Å². The summed E-state index contributed by atoms with van der Waals surface area (Å²) in [5, 5.41) is 24.5. The molecule has 0 saturated heterocycles. The second-order valence-corrected chi connectivity index (χ2v) is 6.30. The maximum absolute atomic E-state index is 12.3. The molecule has 0 radical (unpaired) electrons. The lowest BCUT2D eigenvalue weighted by Crippen LogP contribution is -2.56. The van der Waals surface area contributed by atoms with E-state index in [9.17, 15) is 24.0 Å². The predicted octanol–water partition coefficient (Wildman–Crippen LogP) is -2.07. The molecule has 0 bridgehead atoms. The van der Waals surface area contributed by atoms with Gasteiger partial charge in [-0.1, -0.05) is 20.3 Å². The lowest BCUT2D eigenvalue weighted by molar-refractivity contribution is -0.141. The molecule has 27 heavy (non-hydrogen) atoms. The van der Waals surface area contributed by atoms with E-state index in [0.29, 0.717) is 6.42 Å². The average molecular weight is 406 g/mol. The highest BCUT2D eigenvalue weighted by molar-refractivity contribution is 7.80. The molecule has 7 N–H and O–H groups in total. The van der Waals surface area contributed by atoms with Gasteiger partial charge in [-0.25, -0.2) is 4.79 Å². The monoisotopic (exact) mass is 406 g/mol. The molecule has 0 aliphatic rings. The van der Waals surface area contributed by atoms with Crippen molar-refractivity contribution in [2.75, 3.05) is 12.3 Å². The van der Waals surface area contributed by atoms with Gasteiger partial charge < -0.3 is 31.9 Å². The standard InChI is InChI=1S/C15H26N4O7S/c1-3-7(2)12(14(24)18-9(6-27)15(25)26)19-10(20)5-17-13(23)8(16)4-11(21)22/h7-9,12,27H,3-6,16H2,1-2H3,(H,17,23)(H,18,24)(H,19,20)(H,21,22)(H,25,26). The molecule has 0 aromatic rings. The number of carboxylic acids is 2. The summed E-state index contributed by atoms with van der Waals surface area (Å²) in [5.74, 6) is -5.16. The fourth-order valence-electron chi connectivity index (χ4n) is 1.95. The minimum absolute atomic E-state index is 0.125. The van der Waals surface area contributed by atoms with Crippen LogP contribution >= 0.6 is 12.6 Å². The van der Waals surface area contributed by atoms with Crippen molar-refractivity contribution in [2.24, 2.45) is 11.7 Å². The number of aliphatic carboxylic acids is 2. The first-order chi connectivity index (χ1) is 12.5. The van der Waals surface area contributed by atoms with Crippen LogP contribution in [-0.4, -0.2) is 70.3 Å². The molecule has 0 aliphatic carbocycles. The highest BCUT2D eigenvalue weighted by atomic mass is 32.1. The Morgan fingerprint density at radius 2 is 1.67 bits per heavy atom. The van der Waals surface area contributed by atoms with Crippen LogP contribution in [0.3, 0.4) is 0 Å². The quantitative estimate of drug-likeness (QED) is 0.180. The highest BCUT2D eigenvalue weighted by Crippen LogP contribution is 2.08. The largest absolute Gasteiger partial charge is 0.481 e. The Morgan fingerprint density at radius 3 is 2.11 bits per heavy atom. The number of hydrogen-bond donors (Lipinski definition) is 7. The van der Waals surface area contributed by atoms with E-state index in [1.54, 1.807) is 13.8 Å². The number of carboxylic acid groups (broad SMARTS) is 2. The molecule has 0 aliphatic heterocycles. The van der Waals surface area contributed by atoms with Crippen LogP contribution in [0.4, 0.5) is 0 Å². The first kappa shape index (κ1) is 24.7. The summed E-state index contributed by atoms with van der Waals surface area (Å²) in [4.78, 5) is 57.5. The van der Waals surface area contributed by atoms with Crippen LogP contribution < -0.4 is 21.7 Å². The van der Waals surface area contributed by atoms with Gasteiger partial charge in [0, 0.05) is 5.75 Å². The lowest BCUT2D eigenvalue weighted by atomic mass is 9.98. The predicted molar refractivity (Wildman–Crippen MR) is 98.0 cm³/mol. The summed E-state index contributed by atoms with van der Waals surface area (Å²) in [5.41, 5.74) is 5.37. The Morgan fingerprint density at radius 1 is 1.07 bits per heavy atom. The van der Waals surface area contributed by atoms with Crippen molar-refractivity contribution < 1.29 is 34.2 Å². The number of hydrogen-bond acceptors (Lipinski definition) is 7. The van der Waals surface area contributed by atoms with Crippen LogP contribution in [0.5, 0.6) is 0 Å². The van der Waals surface area contributed by atoms with Gasteiger partial charge in [-0.05, 0) is 5.92 Å². The first-order valence-corrected chi connectivity index (χ1v) is 8.85. The second kappa shape index (κ2) is 12.1. The molecule has 3 amide bonds. The van der Waals surface area contributed by atoms with Crippen LogP contribution in [0.1, 0.15) is 26.7 Å². The van der Waals surface area contributed by atoms with Gasteiger partial charge >= 0.3 is 11.9 Å². The molecule has 0 rings (SSSR count).